The molecule has 2 aromatic heterocycles. The molecule has 0 bridgehead atoms. The van der Waals surface area contributed by atoms with Crippen LogP contribution in [-0.4, -0.2) is 26.1 Å². The fourth-order valence-electron chi connectivity index (χ4n) is 3.60. The van der Waals surface area contributed by atoms with Crippen LogP contribution in [0.2, 0.25) is 0 Å². The molecule has 5 rings (SSSR count). The molecule has 1 aliphatic heterocycles. The summed E-state index contributed by atoms with van der Waals surface area (Å²) in [7, 11) is 0. The molecule has 0 N–H and O–H groups in total. The molecule has 0 amide bonds. The van der Waals surface area contributed by atoms with Crippen molar-refractivity contribution in [3.63, 3.8) is 0 Å². The van der Waals surface area contributed by atoms with Crippen molar-refractivity contribution in [1.82, 2.24) is 19.6 Å². The average molecular weight is 315 g/mol. The van der Waals surface area contributed by atoms with Gasteiger partial charge in [-0.25, -0.2) is 4.98 Å². The zero-order valence-electron chi connectivity index (χ0n) is 13.5. The van der Waals surface area contributed by atoms with Crippen LogP contribution in [0.5, 0.6) is 0 Å². The quantitative estimate of drug-likeness (QED) is 0.541. The molecule has 0 aliphatic carbocycles. The van der Waals surface area contributed by atoms with Gasteiger partial charge in [0.05, 0.1) is 11.0 Å². The van der Waals surface area contributed by atoms with Gasteiger partial charge in [-0.2, -0.15) is 0 Å². The first kappa shape index (κ1) is 13.5. The molecule has 5 heteroatoms. The van der Waals surface area contributed by atoms with E-state index in [1.54, 1.807) is 0 Å². The number of nitrogens with zero attached hydrogens (tertiary/aromatic N) is 5. The van der Waals surface area contributed by atoms with E-state index in [9.17, 15) is 0 Å². The fourth-order valence-corrected chi connectivity index (χ4v) is 3.60. The van der Waals surface area contributed by atoms with E-state index in [4.69, 9.17) is 4.98 Å². The topological polar surface area (TPSA) is 46.3 Å². The van der Waals surface area contributed by atoms with Gasteiger partial charge in [0.2, 0.25) is 5.65 Å². The number of rotatable bonds is 1. The van der Waals surface area contributed by atoms with Crippen LogP contribution in [0.1, 0.15) is 17.0 Å². The summed E-state index contributed by atoms with van der Waals surface area (Å²) in [6.45, 7) is 3.80. The lowest BCUT2D eigenvalue weighted by atomic mass is 10.00. The normalized spacial score (nSPS) is 14.3. The number of hydrogen-bond donors (Lipinski definition) is 0. The van der Waals surface area contributed by atoms with E-state index in [0.717, 1.165) is 47.8 Å². The Bertz CT molecular complexity index is 1070. The zero-order chi connectivity index (χ0) is 16.1. The molecular formula is C19H17N5. The van der Waals surface area contributed by atoms with Gasteiger partial charge in [-0.05, 0) is 36.6 Å². The van der Waals surface area contributed by atoms with Gasteiger partial charge in [0.15, 0.2) is 5.82 Å². The highest BCUT2D eigenvalue weighted by Gasteiger charge is 2.22. The summed E-state index contributed by atoms with van der Waals surface area (Å²) in [5.74, 6) is 1.81. The number of aromatic nitrogens is 4. The molecule has 3 heterocycles. The van der Waals surface area contributed by atoms with Crippen LogP contribution in [-0.2, 0) is 13.0 Å². The van der Waals surface area contributed by atoms with E-state index in [0.29, 0.717) is 0 Å². The Labute approximate surface area is 139 Å². The lowest BCUT2D eigenvalue weighted by Crippen LogP contribution is -2.31. The van der Waals surface area contributed by atoms with E-state index in [-0.39, 0.29) is 0 Å². The largest absolute Gasteiger partial charge is 0.349 e. The van der Waals surface area contributed by atoms with Crippen LogP contribution in [0.4, 0.5) is 5.82 Å². The third-order valence-corrected chi connectivity index (χ3v) is 4.80. The van der Waals surface area contributed by atoms with Crippen molar-refractivity contribution < 1.29 is 0 Å². The van der Waals surface area contributed by atoms with E-state index in [2.05, 4.69) is 55.9 Å². The van der Waals surface area contributed by atoms with E-state index in [1.165, 1.54) is 11.1 Å². The van der Waals surface area contributed by atoms with E-state index < -0.39 is 0 Å². The van der Waals surface area contributed by atoms with Crippen molar-refractivity contribution in [2.45, 2.75) is 19.9 Å². The van der Waals surface area contributed by atoms with Crippen molar-refractivity contribution in [3.05, 3.63) is 65.5 Å². The van der Waals surface area contributed by atoms with Crippen LogP contribution in [0.25, 0.3) is 16.7 Å². The second-order valence-corrected chi connectivity index (χ2v) is 6.27. The molecule has 4 aromatic rings. The fraction of sp³-hybridized carbons (Fsp3) is 0.211. The molecule has 1 aliphatic rings. The van der Waals surface area contributed by atoms with Gasteiger partial charge in [-0.15, -0.1) is 10.2 Å². The zero-order valence-corrected chi connectivity index (χ0v) is 13.5. The predicted octanol–water partition coefficient (Wildman–Crippen LogP) is 3.15. The molecule has 24 heavy (non-hydrogen) atoms. The van der Waals surface area contributed by atoms with Gasteiger partial charge in [0, 0.05) is 13.1 Å². The summed E-state index contributed by atoms with van der Waals surface area (Å²) in [5.41, 5.74) is 5.67. The predicted molar refractivity (Wildman–Crippen MR) is 94.2 cm³/mol. The smallest absolute Gasteiger partial charge is 0.204 e. The molecule has 118 valence electrons. The molecule has 2 aromatic carbocycles. The standard InChI is InChI=1S/C19H17N5/c1-13-21-22-19-18(20-16-8-4-5-9-17(16)24(13)19)23-11-10-14-6-2-3-7-15(14)12-23/h2-9H,10-12H2,1H3. The van der Waals surface area contributed by atoms with Crippen molar-refractivity contribution in [2.24, 2.45) is 0 Å². The lowest BCUT2D eigenvalue weighted by molar-refractivity contribution is 0.722. The van der Waals surface area contributed by atoms with Gasteiger partial charge in [0.1, 0.15) is 5.82 Å². The monoisotopic (exact) mass is 315 g/mol. The highest BCUT2D eigenvalue weighted by Crippen LogP contribution is 2.28. The minimum atomic E-state index is 0.839. The van der Waals surface area contributed by atoms with Gasteiger partial charge in [-0.3, -0.25) is 4.40 Å². The van der Waals surface area contributed by atoms with Gasteiger partial charge in [-0.1, -0.05) is 36.4 Å². The molecule has 0 radical (unpaired) electrons. The highest BCUT2D eigenvalue weighted by molar-refractivity contribution is 5.83. The summed E-state index contributed by atoms with van der Waals surface area (Å²) in [5, 5.41) is 8.70. The van der Waals surface area contributed by atoms with Crippen LogP contribution in [0, 0.1) is 6.92 Å². The van der Waals surface area contributed by atoms with Crippen LogP contribution in [0.3, 0.4) is 0 Å². The maximum absolute atomic E-state index is 4.92. The third-order valence-electron chi connectivity index (χ3n) is 4.80. The Morgan fingerprint density at radius 1 is 0.917 bits per heavy atom. The van der Waals surface area contributed by atoms with E-state index in [1.807, 2.05) is 19.1 Å². The Kier molecular flexibility index (Phi) is 2.82. The molecule has 0 fully saturated rings. The average Bonchev–Trinajstić information content (AvgIpc) is 3.03. The molecule has 0 saturated carbocycles. The van der Waals surface area contributed by atoms with Gasteiger partial charge in [0.25, 0.3) is 0 Å². The number of anilines is 1. The first-order chi connectivity index (χ1) is 11.8. The van der Waals surface area contributed by atoms with Crippen LogP contribution in [0.15, 0.2) is 48.5 Å². The summed E-state index contributed by atoms with van der Waals surface area (Å²) in [6.07, 6.45) is 1.03. The first-order valence-electron chi connectivity index (χ1n) is 8.23. The second-order valence-electron chi connectivity index (χ2n) is 6.27. The number of aryl methyl sites for hydroxylation is 1. The first-order valence-corrected chi connectivity index (χ1v) is 8.23. The van der Waals surface area contributed by atoms with Crippen molar-refractivity contribution in [2.75, 3.05) is 11.4 Å². The number of hydrogen-bond acceptors (Lipinski definition) is 4. The highest BCUT2D eigenvalue weighted by atomic mass is 15.3. The molecule has 0 spiro atoms. The second kappa shape index (κ2) is 5.03. The SMILES string of the molecule is Cc1nnc2c(N3CCc4ccccc4C3)nc3ccccc3n12. The number of fused-ring (bicyclic) bond motifs is 4. The number of para-hydroxylation sites is 2. The molecular weight excluding hydrogens is 298 g/mol. The van der Waals surface area contributed by atoms with Crippen LogP contribution < -0.4 is 4.90 Å². The third kappa shape index (κ3) is 1.91. The van der Waals surface area contributed by atoms with Gasteiger partial charge < -0.3 is 4.90 Å². The molecule has 0 saturated heterocycles. The van der Waals surface area contributed by atoms with E-state index >= 15 is 0 Å². The summed E-state index contributed by atoms with van der Waals surface area (Å²) in [6, 6.07) is 16.8. The molecule has 0 atom stereocenters. The lowest BCUT2D eigenvalue weighted by Gasteiger charge is -2.30. The maximum Gasteiger partial charge on any atom is 0.204 e. The van der Waals surface area contributed by atoms with Crippen molar-refractivity contribution in [1.29, 1.82) is 0 Å². The Morgan fingerprint density at radius 3 is 2.62 bits per heavy atom. The van der Waals surface area contributed by atoms with Crippen molar-refractivity contribution >= 4 is 22.5 Å². The summed E-state index contributed by atoms with van der Waals surface area (Å²) in [4.78, 5) is 7.23. The van der Waals surface area contributed by atoms with Crippen LogP contribution >= 0.6 is 0 Å². The Morgan fingerprint density at radius 2 is 1.71 bits per heavy atom. The molecule has 5 nitrogen and oxygen atoms in total. The van der Waals surface area contributed by atoms with Gasteiger partial charge >= 0.3 is 0 Å². The maximum atomic E-state index is 4.92. The Hall–Kier alpha value is -2.95. The number of benzene rings is 2. The van der Waals surface area contributed by atoms with Crippen molar-refractivity contribution in [3.8, 4) is 0 Å². The Balaban J connectivity index is 1.72. The molecule has 0 unspecified atom stereocenters. The minimum Gasteiger partial charge on any atom is -0.349 e. The minimum absolute atomic E-state index is 0.839. The summed E-state index contributed by atoms with van der Waals surface area (Å²) < 4.78 is 2.11. The summed E-state index contributed by atoms with van der Waals surface area (Å²) >= 11 is 0.